The average molecular weight is 461 g/mol. The number of nitrogens with zero attached hydrogens (tertiary/aromatic N) is 3. The van der Waals surface area contributed by atoms with Crippen molar-refractivity contribution in [1.29, 1.82) is 0 Å². The van der Waals surface area contributed by atoms with Crippen LogP contribution in [0.1, 0.15) is 29.3 Å². The summed E-state index contributed by atoms with van der Waals surface area (Å²) in [7, 11) is 1.56. The largest absolute Gasteiger partial charge is 0.484 e. The van der Waals surface area contributed by atoms with E-state index in [4.69, 9.17) is 9.47 Å². The van der Waals surface area contributed by atoms with Crippen molar-refractivity contribution in [3.8, 4) is 11.4 Å². The highest BCUT2D eigenvalue weighted by molar-refractivity contribution is 5.78. The summed E-state index contributed by atoms with van der Waals surface area (Å²) in [5, 5.41) is 0.435. The minimum Gasteiger partial charge on any atom is -0.484 e. The third-order valence-electron chi connectivity index (χ3n) is 6.23. The summed E-state index contributed by atoms with van der Waals surface area (Å²) < 4.78 is 28.4. The van der Waals surface area contributed by atoms with Gasteiger partial charge in [-0.25, -0.2) is 13.8 Å². The van der Waals surface area contributed by atoms with Crippen molar-refractivity contribution in [3.63, 3.8) is 0 Å². The number of hydrogen-bond donors (Lipinski definition) is 0. The Morgan fingerprint density at radius 3 is 2.79 bits per heavy atom. The van der Waals surface area contributed by atoms with Gasteiger partial charge < -0.3 is 9.47 Å². The van der Waals surface area contributed by atoms with Crippen LogP contribution in [0.2, 0.25) is 0 Å². The van der Waals surface area contributed by atoms with E-state index in [1.165, 1.54) is 22.9 Å². The number of fused-ring (bicyclic) bond motifs is 2. The summed E-state index contributed by atoms with van der Waals surface area (Å²) in [6, 6.07) is 13.6. The van der Waals surface area contributed by atoms with Gasteiger partial charge in [0.05, 0.1) is 29.7 Å². The van der Waals surface area contributed by atoms with E-state index in [1.807, 2.05) is 13.0 Å². The zero-order valence-corrected chi connectivity index (χ0v) is 19.0. The molecule has 0 N–H and O–H groups in total. The Morgan fingerprint density at radius 1 is 1.18 bits per heavy atom. The summed E-state index contributed by atoms with van der Waals surface area (Å²) in [6.45, 7) is 2.49. The quantitative estimate of drug-likeness (QED) is 0.453. The molecule has 0 saturated heterocycles. The fourth-order valence-corrected chi connectivity index (χ4v) is 4.54. The van der Waals surface area contributed by atoms with Crippen LogP contribution in [-0.2, 0) is 17.7 Å². The zero-order chi connectivity index (χ0) is 23.8. The number of benzene rings is 2. The van der Waals surface area contributed by atoms with Gasteiger partial charge in [0.25, 0.3) is 5.56 Å². The number of rotatable bonds is 5. The molecular formula is C26H24FN3O4. The molecule has 34 heavy (non-hydrogen) atoms. The molecule has 0 saturated carbocycles. The van der Waals surface area contributed by atoms with Gasteiger partial charge in [-0.15, -0.1) is 0 Å². The SMILES string of the molecule is COCCn1c(=O)n(-c2cc3c(cc2C)CCC(c2ncccc2F)O3)c(=O)c2ccccc21. The van der Waals surface area contributed by atoms with Crippen molar-refractivity contribution >= 4 is 10.9 Å². The van der Waals surface area contributed by atoms with Crippen LogP contribution in [0.4, 0.5) is 4.39 Å². The Balaban J connectivity index is 1.67. The maximum Gasteiger partial charge on any atom is 0.336 e. The first-order chi connectivity index (χ1) is 16.5. The van der Waals surface area contributed by atoms with E-state index in [0.29, 0.717) is 48.3 Å². The summed E-state index contributed by atoms with van der Waals surface area (Å²) in [5.74, 6) is 0.0971. The van der Waals surface area contributed by atoms with Crippen molar-refractivity contribution in [2.75, 3.05) is 13.7 Å². The predicted octanol–water partition coefficient (Wildman–Crippen LogP) is 3.71. The standard InChI is InChI=1S/C26H24FN3O4/c1-16-14-17-9-10-22(24-19(27)7-5-11-28-24)34-23(17)15-21(16)30-25(31)18-6-3-4-8-20(18)29(26(30)32)12-13-33-2/h3-8,11,14-15,22H,9-10,12-13H2,1-2H3. The molecule has 1 atom stereocenters. The normalized spacial score (nSPS) is 15.2. The van der Waals surface area contributed by atoms with Gasteiger partial charge >= 0.3 is 5.69 Å². The lowest BCUT2D eigenvalue weighted by Crippen LogP contribution is -2.40. The van der Waals surface area contributed by atoms with Gasteiger partial charge in [0.15, 0.2) is 0 Å². The molecule has 4 aromatic rings. The van der Waals surface area contributed by atoms with E-state index < -0.39 is 23.2 Å². The molecule has 3 heterocycles. The van der Waals surface area contributed by atoms with Crippen molar-refractivity contribution < 1.29 is 13.9 Å². The molecule has 0 aliphatic carbocycles. The summed E-state index contributed by atoms with van der Waals surface area (Å²) in [6.07, 6.45) is 2.24. The molecule has 0 fully saturated rings. The second-order valence-electron chi connectivity index (χ2n) is 8.35. The number of para-hydroxylation sites is 1. The van der Waals surface area contributed by atoms with Crippen molar-refractivity contribution in [1.82, 2.24) is 14.1 Å². The highest BCUT2D eigenvalue weighted by Crippen LogP contribution is 2.37. The van der Waals surface area contributed by atoms with Gasteiger partial charge in [0.1, 0.15) is 23.4 Å². The van der Waals surface area contributed by atoms with Crippen LogP contribution in [-0.4, -0.2) is 27.8 Å². The minimum atomic E-state index is -0.545. The Hall–Kier alpha value is -3.78. The van der Waals surface area contributed by atoms with Crippen LogP contribution in [0.25, 0.3) is 16.6 Å². The second kappa shape index (κ2) is 8.87. The van der Waals surface area contributed by atoms with Crippen molar-refractivity contribution in [2.24, 2.45) is 0 Å². The fraction of sp³-hybridized carbons (Fsp3) is 0.269. The second-order valence-corrected chi connectivity index (χ2v) is 8.35. The monoisotopic (exact) mass is 461 g/mol. The smallest absolute Gasteiger partial charge is 0.336 e. The van der Waals surface area contributed by atoms with Gasteiger partial charge in [-0.2, -0.15) is 0 Å². The minimum absolute atomic E-state index is 0.250. The molecule has 0 radical (unpaired) electrons. The Morgan fingerprint density at radius 2 is 2.00 bits per heavy atom. The van der Waals surface area contributed by atoms with E-state index in [0.717, 1.165) is 11.1 Å². The fourth-order valence-electron chi connectivity index (χ4n) is 4.54. The number of aryl methyl sites for hydroxylation is 2. The molecule has 8 heteroatoms. The number of methoxy groups -OCH3 is 1. The molecule has 1 aliphatic rings. The third kappa shape index (κ3) is 3.70. The van der Waals surface area contributed by atoms with E-state index in [-0.39, 0.29) is 5.69 Å². The lowest BCUT2D eigenvalue weighted by Gasteiger charge is -2.27. The van der Waals surface area contributed by atoms with Crippen LogP contribution in [0.5, 0.6) is 5.75 Å². The maximum atomic E-state index is 14.3. The van der Waals surface area contributed by atoms with Crippen LogP contribution in [0, 0.1) is 12.7 Å². The highest BCUT2D eigenvalue weighted by atomic mass is 19.1. The molecule has 1 aliphatic heterocycles. The molecule has 5 rings (SSSR count). The van der Waals surface area contributed by atoms with E-state index in [9.17, 15) is 14.0 Å². The van der Waals surface area contributed by atoms with E-state index >= 15 is 0 Å². The number of halogens is 1. The Kier molecular flexibility index (Phi) is 5.75. The topological polar surface area (TPSA) is 75.3 Å². The maximum absolute atomic E-state index is 14.3. The number of hydrogen-bond acceptors (Lipinski definition) is 5. The van der Waals surface area contributed by atoms with Crippen molar-refractivity contribution in [2.45, 2.75) is 32.4 Å². The van der Waals surface area contributed by atoms with E-state index in [2.05, 4.69) is 4.98 Å². The summed E-state index contributed by atoms with van der Waals surface area (Å²) >= 11 is 0. The molecule has 0 amide bonds. The molecule has 0 bridgehead atoms. The van der Waals surface area contributed by atoms with Gasteiger partial charge in [-0.05, 0) is 55.2 Å². The highest BCUT2D eigenvalue weighted by Gasteiger charge is 2.26. The van der Waals surface area contributed by atoms with Gasteiger partial charge in [0.2, 0.25) is 0 Å². The molecule has 2 aromatic heterocycles. The lowest BCUT2D eigenvalue weighted by molar-refractivity contribution is 0.167. The van der Waals surface area contributed by atoms with Gasteiger partial charge in [0, 0.05) is 19.4 Å². The van der Waals surface area contributed by atoms with Gasteiger partial charge in [-0.1, -0.05) is 18.2 Å². The van der Waals surface area contributed by atoms with Crippen LogP contribution >= 0.6 is 0 Å². The Bertz CT molecular complexity index is 1510. The van der Waals surface area contributed by atoms with Crippen LogP contribution < -0.4 is 16.0 Å². The zero-order valence-electron chi connectivity index (χ0n) is 19.0. The average Bonchev–Trinajstić information content (AvgIpc) is 2.84. The van der Waals surface area contributed by atoms with Crippen LogP contribution in [0.15, 0.2) is 64.3 Å². The first kappa shape index (κ1) is 22.0. The number of ether oxygens (including phenoxy) is 2. The molecule has 1 unspecified atom stereocenters. The summed E-state index contributed by atoms with van der Waals surface area (Å²) in [5.41, 5.74) is 2.11. The molecule has 0 spiro atoms. The third-order valence-corrected chi connectivity index (χ3v) is 6.23. The molecule has 7 nitrogen and oxygen atoms in total. The predicted molar refractivity (Wildman–Crippen MR) is 126 cm³/mol. The molecule has 174 valence electrons. The molecule has 2 aromatic carbocycles. The lowest BCUT2D eigenvalue weighted by atomic mass is 9.97. The summed E-state index contributed by atoms with van der Waals surface area (Å²) in [4.78, 5) is 31.1. The van der Waals surface area contributed by atoms with Crippen LogP contribution in [0.3, 0.4) is 0 Å². The molecular weight excluding hydrogens is 437 g/mol. The first-order valence-corrected chi connectivity index (χ1v) is 11.1. The van der Waals surface area contributed by atoms with E-state index in [1.54, 1.807) is 42.0 Å². The number of pyridine rings is 1. The number of aromatic nitrogens is 3. The van der Waals surface area contributed by atoms with Crippen molar-refractivity contribution in [3.05, 3.63) is 98.2 Å². The Labute approximate surface area is 195 Å². The van der Waals surface area contributed by atoms with Gasteiger partial charge in [-0.3, -0.25) is 14.3 Å². The first-order valence-electron chi connectivity index (χ1n) is 11.1.